The highest BCUT2D eigenvalue weighted by atomic mass is 15.3. The van der Waals surface area contributed by atoms with Gasteiger partial charge in [0.25, 0.3) is 0 Å². The molecule has 2 heterocycles. The van der Waals surface area contributed by atoms with E-state index in [9.17, 15) is 0 Å². The number of fused-ring (bicyclic) bond motifs is 1. The van der Waals surface area contributed by atoms with E-state index in [1.807, 2.05) is 18.2 Å². The van der Waals surface area contributed by atoms with Crippen molar-refractivity contribution in [1.29, 1.82) is 0 Å². The molecule has 30 heavy (non-hydrogen) atoms. The fraction of sp³-hybridized carbons (Fsp3) is 0.417. The van der Waals surface area contributed by atoms with Crippen molar-refractivity contribution < 1.29 is 0 Å². The van der Waals surface area contributed by atoms with Crippen LogP contribution in [0.1, 0.15) is 31.7 Å². The van der Waals surface area contributed by atoms with Crippen LogP contribution in [0, 0.1) is 0 Å². The van der Waals surface area contributed by atoms with Gasteiger partial charge in [-0.15, -0.1) is 0 Å². The number of imidazole rings is 1. The molecule has 0 bridgehead atoms. The summed E-state index contributed by atoms with van der Waals surface area (Å²) in [5.74, 6) is 1.88. The maximum atomic E-state index is 4.79. The molecule has 1 aromatic heterocycles. The van der Waals surface area contributed by atoms with Crippen molar-refractivity contribution >= 4 is 17.0 Å². The van der Waals surface area contributed by atoms with Gasteiger partial charge in [-0.1, -0.05) is 42.5 Å². The van der Waals surface area contributed by atoms with Crippen molar-refractivity contribution in [3.05, 3.63) is 66.0 Å². The van der Waals surface area contributed by atoms with Crippen molar-refractivity contribution in [1.82, 2.24) is 25.5 Å². The van der Waals surface area contributed by atoms with E-state index in [1.54, 1.807) is 0 Å². The van der Waals surface area contributed by atoms with E-state index >= 15 is 0 Å². The van der Waals surface area contributed by atoms with Gasteiger partial charge < -0.3 is 15.6 Å². The minimum Gasteiger partial charge on any atom is -0.357 e. The average Bonchev–Trinajstić information content (AvgIpc) is 3.31. The highest BCUT2D eigenvalue weighted by Crippen LogP contribution is 2.20. The van der Waals surface area contributed by atoms with Crippen molar-refractivity contribution in [3.63, 3.8) is 0 Å². The Morgan fingerprint density at radius 1 is 1.17 bits per heavy atom. The molecule has 4 rings (SSSR count). The molecule has 3 N–H and O–H groups in total. The average molecular weight is 405 g/mol. The number of hydrogen-bond donors (Lipinski definition) is 3. The second-order valence-corrected chi connectivity index (χ2v) is 8.05. The molecule has 1 aliphatic heterocycles. The Morgan fingerprint density at radius 3 is 2.77 bits per heavy atom. The highest BCUT2D eigenvalue weighted by molar-refractivity contribution is 5.80. The van der Waals surface area contributed by atoms with Crippen LogP contribution in [0.15, 0.2) is 59.6 Å². The van der Waals surface area contributed by atoms with E-state index in [1.165, 1.54) is 5.56 Å². The maximum Gasteiger partial charge on any atom is 0.191 e. The zero-order valence-electron chi connectivity index (χ0n) is 17.9. The Morgan fingerprint density at radius 2 is 1.97 bits per heavy atom. The molecular formula is C24H32N6. The Labute approximate surface area is 178 Å². The van der Waals surface area contributed by atoms with Crippen LogP contribution in [0.2, 0.25) is 0 Å². The molecule has 0 amide bonds. The van der Waals surface area contributed by atoms with Gasteiger partial charge in [0.2, 0.25) is 0 Å². The van der Waals surface area contributed by atoms with E-state index in [4.69, 9.17) is 4.99 Å². The van der Waals surface area contributed by atoms with Crippen molar-refractivity contribution in [2.24, 2.45) is 4.99 Å². The topological polar surface area (TPSA) is 68.3 Å². The van der Waals surface area contributed by atoms with E-state index in [2.05, 4.69) is 75.7 Å². The van der Waals surface area contributed by atoms with Gasteiger partial charge in [-0.25, -0.2) is 4.98 Å². The molecule has 1 fully saturated rings. The van der Waals surface area contributed by atoms with Crippen LogP contribution in [0.25, 0.3) is 11.0 Å². The van der Waals surface area contributed by atoms with Gasteiger partial charge in [0.15, 0.2) is 5.96 Å². The molecule has 158 valence electrons. The molecular weight excluding hydrogens is 372 g/mol. The van der Waals surface area contributed by atoms with Gasteiger partial charge in [0, 0.05) is 44.7 Å². The van der Waals surface area contributed by atoms with Gasteiger partial charge in [0.05, 0.1) is 11.0 Å². The van der Waals surface area contributed by atoms with Crippen LogP contribution in [-0.4, -0.2) is 52.5 Å². The zero-order valence-corrected chi connectivity index (χ0v) is 17.9. The number of aromatic amines is 1. The van der Waals surface area contributed by atoms with E-state index in [-0.39, 0.29) is 0 Å². The third-order valence-corrected chi connectivity index (χ3v) is 5.67. The summed E-state index contributed by atoms with van der Waals surface area (Å²) in [4.78, 5) is 15.4. The highest BCUT2D eigenvalue weighted by Gasteiger charge is 2.29. The first-order chi connectivity index (χ1) is 14.7. The second kappa shape index (κ2) is 9.76. The predicted molar refractivity (Wildman–Crippen MR) is 124 cm³/mol. The first-order valence-corrected chi connectivity index (χ1v) is 11.0. The first kappa shape index (κ1) is 20.4. The molecule has 0 spiro atoms. The lowest BCUT2D eigenvalue weighted by molar-refractivity contribution is 0.258. The molecule has 0 saturated carbocycles. The summed E-state index contributed by atoms with van der Waals surface area (Å²) in [7, 11) is 0. The van der Waals surface area contributed by atoms with Gasteiger partial charge >= 0.3 is 0 Å². The smallest absolute Gasteiger partial charge is 0.191 e. The fourth-order valence-electron chi connectivity index (χ4n) is 4.15. The Balaban J connectivity index is 1.32. The quantitative estimate of drug-likeness (QED) is 0.417. The number of nitrogens with zero attached hydrogens (tertiary/aromatic N) is 3. The second-order valence-electron chi connectivity index (χ2n) is 8.05. The van der Waals surface area contributed by atoms with Gasteiger partial charge in [-0.3, -0.25) is 9.89 Å². The summed E-state index contributed by atoms with van der Waals surface area (Å²) in [5, 5.41) is 7.03. The van der Waals surface area contributed by atoms with Crippen LogP contribution in [0.5, 0.6) is 0 Å². The maximum absolute atomic E-state index is 4.79. The molecule has 3 aromatic rings. The standard InChI is InChI=1S/C24H32N6/c1-3-25-24(26-14-13-23-28-21-11-7-8-12-22(21)29-23)27-20-15-18(2)30(17-20)16-19-9-5-4-6-10-19/h4-12,18,20H,3,13-17H2,1-2H3,(H,28,29)(H2,25,26,27). The molecule has 0 aliphatic carbocycles. The monoisotopic (exact) mass is 404 g/mol. The number of aromatic nitrogens is 2. The number of guanidine groups is 1. The summed E-state index contributed by atoms with van der Waals surface area (Å²) in [6.07, 6.45) is 1.92. The van der Waals surface area contributed by atoms with Gasteiger partial charge in [0.1, 0.15) is 5.82 Å². The van der Waals surface area contributed by atoms with Crippen molar-refractivity contribution in [2.75, 3.05) is 19.6 Å². The lowest BCUT2D eigenvalue weighted by atomic mass is 10.2. The number of H-pyrrole nitrogens is 1. The molecule has 0 radical (unpaired) electrons. The molecule has 2 unspecified atom stereocenters. The molecule has 2 aromatic carbocycles. The predicted octanol–water partition coefficient (Wildman–Crippen LogP) is 3.32. The minimum atomic E-state index is 0.410. The number of para-hydroxylation sites is 2. The fourth-order valence-corrected chi connectivity index (χ4v) is 4.15. The van der Waals surface area contributed by atoms with Crippen molar-refractivity contribution in [2.45, 2.75) is 45.3 Å². The summed E-state index contributed by atoms with van der Waals surface area (Å²) >= 11 is 0. The lowest BCUT2D eigenvalue weighted by Crippen LogP contribution is -2.44. The van der Waals surface area contributed by atoms with Gasteiger partial charge in [-0.2, -0.15) is 0 Å². The number of hydrogen-bond acceptors (Lipinski definition) is 3. The van der Waals surface area contributed by atoms with Crippen LogP contribution < -0.4 is 10.6 Å². The van der Waals surface area contributed by atoms with Crippen LogP contribution in [0.4, 0.5) is 0 Å². The Kier molecular flexibility index (Phi) is 6.64. The van der Waals surface area contributed by atoms with Gasteiger partial charge in [-0.05, 0) is 38.0 Å². The van der Waals surface area contributed by atoms with E-state index in [0.29, 0.717) is 18.6 Å². The molecule has 2 atom stereocenters. The van der Waals surface area contributed by atoms with Crippen LogP contribution in [0.3, 0.4) is 0 Å². The number of nitrogens with one attached hydrogen (secondary N) is 3. The normalized spacial score (nSPS) is 20.0. The van der Waals surface area contributed by atoms with Crippen LogP contribution in [-0.2, 0) is 13.0 Å². The van der Waals surface area contributed by atoms with E-state index < -0.39 is 0 Å². The number of aliphatic imine (C=N–C) groups is 1. The largest absolute Gasteiger partial charge is 0.357 e. The molecule has 6 heteroatoms. The lowest BCUT2D eigenvalue weighted by Gasteiger charge is -2.21. The number of likely N-dealkylation sites (tertiary alicyclic amines) is 1. The number of benzene rings is 2. The third kappa shape index (κ3) is 5.19. The van der Waals surface area contributed by atoms with Crippen LogP contribution >= 0.6 is 0 Å². The zero-order chi connectivity index (χ0) is 20.8. The summed E-state index contributed by atoms with van der Waals surface area (Å²) < 4.78 is 0. The summed E-state index contributed by atoms with van der Waals surface area (Å²) in [5.41, 5.74) is 3.47. The Bertz CT molecular complexity index is 931. The minimum absolute atomic E-state index is 0.410. The van der Waals surface area contributed by atoms with Crippen molar-refractivity contribution in [3.8, 4) is 0 Å². The Hall–Kier alpha value is -2.86. The first-order valence-electron chi connectivity index (χ1n) is 11.0. The SMILES string of the molecule is CCNC(=NCCc1nc2ccccc2[nH]1)NC1CC(C)N(Cc2ccccc2)C1. The van der Waals surface area contributed by atoms with E-state index in [0.717, 1.165) is 55.3 Å². The molecule has 1 saturated heterocycles. The summed E-state index contributed by atoms with van der Waals surface area (Å²) in [6, 6.07) is 19.8. The number of rotatable bonds is 7. The summed E-state index contributed by atoms with van der Waals surface area (Å²) in [6.45, 7) is 8.01. The molecule has 6 nitrogen and oxygen atoms in total. The molecule has 1 aliphatic rings. The third-order valence-electron chi connectivity index (χ3n) is 5.67.